The van der Waals surface area contributed by atoms with Crippen LogP contribution in [0.5, 0.6) is 0 Å². The first-order chi connectivity index (χ1) is 16.3. The van der Waals surface area contributed by atoms with Crippen LogP contribution in [0, 0.1) is 17.3 Å². The second-order valence-electron chi connectivity index (χ2n) is 12.4. The molecule has 0 aromatic heterocycles. The van der Waals surface area contributed by atoms with E-state index in [1.54, 1.807) is 22.7 Å². The number of fused-ring (bicyclic) bond motifs is 1. The van der Waals surface area contributed by atoms with E-state index in [1.807, 2.05) is 4.90 Å². The molecule has 3 rings (SSSR count). The van der Waals surface area contributed by atoms with Crippen LogP contribution in [0.4, 0.5) is 0 Å². The van der Waals surface area contributed by atoms with Crippen molar-refractivity contribution in [2.75, 3.05) is 19.7 Å². The molecule has 3 aliphatic rings. The monoisotopic (exact) mass is 508 g/mol. The van der Waals surface area contributed by atoms with E-state index in [0.29, 0.717) is 19.5 Å². The molecule has 35 heavy (non-hydrogen) atoms. The maximum atomic E-state index is 14.5. The highest BCUT2D eigenvalue weighted by Gasteiger charge is 2.74. The van der Waals surface area contributed by atoms with Gasteiger partial charge in [-0.25, -0.2) is 0 Å². The van der Waals surface area contributed by atoms with Crippen molar-refractivity contribution in [3.8, 4) is 0 Å². The second kappa shape index (κ2) is 10.4. The maximum absolute atomic E-state index is 14.5. The van der Waals surface area contributed by atoms with Crippen molar-refractivity contribution >= 4 is 29.5 Å². The number of aliphatic hydroxyl groups excluding tert-OH is 1. The zero-order valence-electron chi connectivity index (χ0n) is 22.1. The third-order valence-corrected chi connectivity index (χ3v) is 9.85. The summed E-state index contributed by atoms with van der Waals surface area (Å²) in [4.78, 5) is 44.1. The van der Waals surface area contributed by atoms with Crippen LogP contribution in [-0.4, -0.2) is 79.1 Å². The normalized spacial score (nSPS) is 30.0. The van der Waals surface area contributed by atoms with Gasteiger partial charge in [0.1, 0.15) is 6.04 Å². The van der Waals surface area contributed by atoms with Gasteiger partial charge in [0.15, 0.2) is 0 Å². The van der Waals surface area contributed by atoms with Gasteiger partial charge >= 0.3 is 5.97 Å². The van der Waals surface area contributed by atoms with Crippen LogP contribution in [-0.2, 0) is 14.4 Å². The molecule has 2 amide bonds. The van der Waals surface area contributed by atoms with Gasteiger partial charge in [-0.1, -0.05) is 39.7 Å². The SMILES string of the molecule is C=CCN(C(=O)C1N(CCCCCCO)C(=O)[C@@H]2[C@H](C(=O)O)[C@@H]3CCC12S3)C(C)(C)CC(C)(C)C. The van der Waals surface area contributed by atoms with Gasteiger partial charge in [0.2, 0.25) is 11.8 Å². The van der Waals surface area contributed by atoms with Crippen molar-refractivity contribution in [3.05, 3.63) is 12.7 Å². The summed E-state index contributed by atoms with van der Waals surface area (Å²) in [5, 5.41) is 19.0. The number of hydrogen-bond acceptors (Lipinski definition) is 5. The van der Waals surface area contributed by atoms with Crippen LogP contribution in [0.15, 0.2) is 12.7 Å². The van der Waals surface area contributed by atoms with E-state index in [2.05, 4.69) is 41.2 Å². The molecule has 2 N–H and O–H groups in total. The van der Waals surface area contributed by atoms with Crippen LogP contribution in [0.1, 0.15) is 79.6 Å². The van der Waals surface area contributed by atoms with Crippen molar-refractivity contribution in [2.45, 2.75) is 101 Å². The minimum atomic E-state index is -0.922. The summed E-state index contributed by atoms with van der Waals surface area (Å²) >= 11 is 1.59. The van der Waals surface area contributed by atoms with Gasteiger partial charge in [-0.2, -0.15) is 0 Å². The van der Waals surface area contributed by atoms with E-state index in [0.717, 1.165) is 38.5 Å². The number of unbranched alkanes of at least 4 members (excludes halogenated alkanes) is 3. The Labute approximate surface area is 214 Å². The van der Waals surface area contributed by atoms with E-state index >= 15 is 0 Å². The molecule has 8 heteroatoms. The predicted molar refractivity (Wildman–Crippen MR) is 139 cm³/mol. The van der Waals surface area contributed by atoms with E-state index in [1.165, 1.54) is 0 Å². The zero-order chi connectivity index (χ0) is 26.2. The van der Waals surface area contributed by atoms with Gasteiger partial charge in [-0.3, -0.25) is 14.4 Å². The fourth-order valence-corrected chi connectivity index (χ4v) is 9.21. The van der Waals surface area contributed by atoms with Gasteiger partial charge in [0, 0.05) is 30.5 Å². The number of carboxylic acids is 1. The lowest BCUT2D eigenvalue weighted by Gasteiger charge is -2.46. The zero-order valence-corrected chi connectivity index (χ0v) is 22.9. The van der Waals surface area contributed by atoms with Crippen molar-refractivity contribution in [1.82, 2.24) is 9.80 Å². The van der Waals surface area contributed by atoms with E-state index in [-0.39, 0.29) is 29.1 Å². The predicted octanol–water partition coefficient (Wildman–Crippen LogP) is 3.94. The third kappa shape index (κ3) is 5.29. The molecule has 0 aromatic carbocycles. The standard InChI is InChI=1S/C27H44N2O5S/c1-7-14-29(26(5,6)17-25(2,3)4)23(32)21-27-13-12-18(35-27)19(24(33)34)20(27)22(31)28(21)15-10-8-9-11-16-30/h7,18-21,30H,1,8-17H2,2-6H3,(H,33,34)/t18-,19+,20-,21?,27?/m0/s1. The Hall–Kier alpha value is -1.54. The van der Waals surface area contributed by atoms with Gasteiger partial charge in [-0.05, 0) is 51.4 Å². The number of hydrogen-bond donors (Lipinski definition) is 2. The number of aliphatic carboxylic acids is 1. The van der Waals surface area contributed by atoms with Crippen LogP contribution in [0.3, 0.4) is 0 Å². The quantitative estimate of drug-likeness (QED) is 0.306. The molecular formula is C27H44N2O5S. The van der Waals surface area contributed by atoms with E-state index < -0.39 is 34.1 Å². The number of aliphatic hydroxyl groups is 1. The summed E-state index contributed by atoms with van der Waals surface area (Å²) in [7, 11) is 0. The highest BCUT2D eigenvalue weighted by Crippen LogP contribution is 2.66. The molecule has 3 aliphatic heterocycles. The number of amides is 2. The summed E-state index contributed by atoms with van der Waals surface area (Å²) < 4.78 is -0.676. The minimum Gasteiger partial charge on any atom is -0.481 e. The fourth-order valence-electron chi connectivity index (χ4n) is 7.01. The molecule has 5 atom stereocenters. The summed E-state index contributed by atoms with van der Waals surface area (Å²) in [6.07, 6.45) is 7.12. The van der Waals surface area contributed by atoms with Crippen molar-refractivity contribution < 1.29 is 24.6 Å². The number of nitrogens with zero attached hydrogens (tertiary/aromatic N) is 2. The topological polar surface area (TPSA) is 98.2 Å². The smallest absolute Gasteiger partial charge is 0.308 e. The fraction of sp³-hybridized carbons (Fsp3) is 0.815. The largest absolute Gasteiger partial charge is 0.481 e. The molecular weight excluding hydrogens is 464 g/mol. The first-order valence-corrected chi connectivity index (χ1v) is 13.9. The number of rotatable bonds is 12. The maximum Gasteiger partial charge on any atom is 0.308 e. The van der Waals surface area contributed by atoms with Crippen LogP contribution in [0.2, 0.25) is 0 Å². The lowest BCUT2D eigenvalue weighted by Crippen LogP contribution is -2.60. The van der Waals surface area contributed by atoms with Crippen LogP contribution in [0.25, 0.3) is 0 Å². The molecule has 2 bridgehead atoms. The number of likely N-dealkylation sites (tertiary alicyclic amines) is 1. The summed E-state index contributed by atoms with van der Waals surface area (Å²) in [5.41, 5.74) is -0.460. The highest BCUT2D eigenvalue weighted by atomic mass is 32.2. The Kier molecular flexibility index (Phi) is 8.37. The molecule has 198 valence electrons. The summed E-state index contributed by atoms with van der Waals surface area (Å²) in [5.74, 6) is -2.54. The third-order valence-electron chi connectivity index (χ3n) is 7.90. The molecule has 0 radical (unpaired) electrons. The minimum absolute atomic E-state index is 0.00310. The Morgan fingerprint density at radius 2 is 1.86 bits per heavy atom. The average Bonchev–Trinajstić information content (AvgIpc) is 3.37. The second-order valence-corrected chi connectivity index (χ2v) is 14.0. The Balaban J connectivity index is 1.98. The van der Waals surface area contributed by atoms with Gasteiger partial charge in [0.25, 0.3) is 0 Å². The first-order valence-electron chi connectivity index (χ1n) is 13.0. The molecule has 0 aromatic rings. The average molecular weight is 509 g/mol. The molecule has 3 saturated heterocycles. The van der Waals surface area contributed by atoms with Crippen molar-refractivity contribution in [3.63, 3.8) is 0 Å². The lowest BCUT2D eigenvalue weighted by atomic mass is 9.71. The Morgan fingerprint density at radius 1 is 1.20 bits per heavy atom. The lowest BCUT2D eigenvalue weighted by molar-refractivity contribution is -0.149. The van der Waals surface area contributed by atoms with Gasteiger partial charge in [0.05, 0.1) is 16.6 Å². The molecule has 3 heterocycles. The molecule has 3 fully saturated rings. The molecule has 7 nitrogen and oxygen atoms in total. The number of carbonyl (C=O) groups is 3. The highest BCUT2D eigenvalue weighted by molar-refractivity contribution is 8.02. The number of carbonyl (C=O) groups excluding carboxylic acids is 2. The summed E-state index contributed by atoms with van der Waals surface area (Å²) in [6.45, 7) is 15.5. The van der Waals surface area contributed by atoms with Crippen LogP contribution >= 0.6 is 11.8 Å². The number of thioether (sulfide) groups is 1. The Bertz CT molecular complexity index is 838. The number of carboxylic acid groups (broad SMARTS) is 1. The summed E-state index contributed by atoms with van der Waals surface area (Å²) in [6, 6.07) is -0.656. The van der Waals surface area contributed by atoms with Gasteiger partial charge < -0.3 is 20.0 Å². The van der Waals surface area contributed by atoms with Gasteiger partial charge in [-0.15, -0.1) is 18.3 Å². The molecule has 1 spiro atoms. The van der Waals surface area contributed by atoms with Crippen LogP contribution < -0.4 is 0 Å². The van der Waals surface area contributed by atoms with Crippen molar-refractivity contribution in [2.24, 2.45) is 17.3 Å². The molecule has 0 saturated carbocycles. The van der Waals surface area contributed by atoms with Crippen molar-refractivity contribution in [1.29, 1.82) is 0 Å². The van der Waals surface area contributed by atoms with E-state index in [9.17, 15) is 19.5 Å². The molecule has 2 unspecified atom stereocenters. The first kappa shape index (κ1) is 28.0. The molecule has 0 aliphatic carbocycles. The van der Waals surface area contributed by atoms with E-state index in [4.69, 9.17) is 5.11 Å². The Morgan fingerprint density at radius 3 is 2.43 bits per heavy atom.